The topological polar surface area (TPSA) is 110 Å². The van der Waals surface area contributed by atoms with Crippen LogP contribution in [0.1, 0.15) is 68.7 Å². The number of nitrogens with one attached hydrogen (secondary N) is 2. The van der Waals surface area contributed by atoms with Gasteiger partial charge in [0.05, 0.1) is 34.5 Å². The molecular weight excluding hydrogens is 606 g/mol. The fourth-order valence-electron chi connectivity index (χ4n) is 5.87. The number of carbonyl (C=O) groups is 3. The zero-order chi connectivity index (χ0) is 32.1. The number of carbonyl (C=O) groups excluding carboxylic acids is 3. The summed E-state index contributed by atoms with van der Waals surface area (Å²) in [6.07, 6.45) is 2.98. The minimum Gasteiger partial charge on any atom is -0.464 e. The number of fused-ring (bicyclic) bond motifs is 5. The standard InChI is InChI=1S/C33H35ClF2N4O5/c1-3-44-32(42)26-8-5-4-7-21(27-17-19(14-15-37-27)22-18-20(35)10-12-24(22)38-26)31(41)40(2)16-6-9-28-29-25(39-33(43)45-28)13-11-23(34)30(29)36/h10-15,17-18,21,26,28,38H,3-9,16H2,1-2H3,(H,39,43). The predicted molar refractivity (Wildman–Crippen MR) is 166 cm³/mol. The Kier molecular flexibility index (Phi) is 10.2. The summed E-state index contributed by atoms with van der Waals surface area (Å²) >= 11 is 5.98. The lowest BCUT2D eigenvalue weighted by Crippen LogP contribution is -2.34. The van der Waals surface area contributed by atoms with E-state index < -0.39 is 41.8 Å². The highest BCUT2D eigenvalue weighted by molar-refractivity contribution is 6.31. The number of pyridine rings is 1. The summed E-state index contributed by atoms with van der Waals surface area (Å²) in [6, 6.07) is 10.1. The van der Waals surface area contributed by atoms with Crippen LogP contribution in [0.15, 0.2) is 48.7 Å². The van der Waals surface area contributed by atoms with Crippen molar-refractivity contribution in [3.8, 4) is 11.1 Å². The highest BCUT2D eigenvalue weighted by atomic mass is 35.5. The van der Waals surface area contributed by atoms with Crippen molar-refractivity contribution in [2.75, 3.05) is 30.8 Å². The van der Waals surface area contributed by atoms with Gasteiger partial charge in [0.15, 0.2) is 5.82 Å². The summed E-state index contributed by atoms with van der Waals surface area (Å²) in [5, 5.41) is 5.67. The van der Waals surface area contributed by atoms with Crippen LogP contribution in [0.3, 0.4) is 0 Å². The summed E-state index contributed by atoms with van der Waals surface area (Å²) in [5.41, 5.74) is 2.81. The van der Waals surface area contributed by atoms with Gasteiger partial charge in [0, 0.05) is 31.0 Å². The highest BCUT2D eigenvalue weighted by Crippen LogP contribution is 2.39. The van der Waals surface area contributed by atoms with Crippen molar-refractivity contribution in [1.29, 1.82) is 0 Å². The van der Waals surface area contributed by atoms with Gasteiger partial charge < -0.3 is 19.7 Å². The van der Waals surface area contributed by atoms with E-state index in [-0.39, 0.29) is 29.5 Å². The van der Waals surface area contributed by atoms with E-state index in [0.29, 0.717) is 66.8 Å². The molecule has 3 unspecified atom stereocenters. The summed E-state index contributed by atoms with van der Waals surface area (Å²) < 4.78 is 39.9. The van der Waals surface area contributed by atoms with Crippen LogP contribution < -0.4 is 10.6 Å². The van der Waals surface area contributed by atoms with Gasteiger partial charge in [-0.1, -0.05) is 24.4 Å². The normalized spacial score (nSPS) is 19.3. The van der Waals surface area contributed by atoms with E-state index in [4.69, 9.17) is 21.1 Å². The van der Waals surface area contributed by atoms with Crippen LogP contribution >= 0.6 is 11.6 Å². The minimum absolute atomic E-state index is 0.0715. The van der Waals surface area contributed by atoms with Gasteiger partial charge in [-0.3, -0.25) is 15.1 Å². The van der Waals surface area contributed by atoms with Crippen LogP contribution in [0.2, 0.25) is 5.02 Å². The third kappa shape index (κ3) is 7.36. The number of likely N-dealkylation sites (N-methyl/N-ethyl adjacent to an activating group) is 1. The van der Waals surface area contributed by atoms with E-state index in [1.807, 2.05) is 0 Å². The lowest BCUT2D eigenvalue weighted by atomic mass is 9.91. The van der Waals surface area contributed by atoms with Crippen molar-refractivity contribution < 1.29 is 32.6 Å². The predicted octanol–water partition coefficient (Wildman–Crippen LogP) is 7.22. The first-order chi connectivity index (χ1) is 21.7. The zero-order valence-electron chi connectivity index (χ0n) is 25.1. The average molecular weight is 641 g/mol. The van der Waals surface area contributed by atoms with E-state index in [2.05, 4.69) is 15.6 Å². The minimum atomic E-state index is -0.850. The summed E-state index contributed by atoms with van der Waals surface area (Å²) in [7, 11) is 1.69. The summed E-state index contributed by atoms with van der Waals surface area (Å²) in [5.74, 6) is -2.23. The molecule has 2 N–H and O–H groups in total. The van der Waals surface area contributed by atoms with E-state index in [1.54, 1.807) is 43.3 Å². The first-order valence-corrected chi connectivity index (χ1v) is 15.4. The summed E-state index contributed by atoms with van der Waals surface area (Å²) in [6.45, 7) is 2.30. The Morgan fingerprint density at radius 1 is 1.11 bits per heavy atom. The Bertz CT molecular complexity index is 1590. The van der Waals surface area contributed by atoms with Crippen molar-refractivity contribution in [2.24, 2.45) is 0 Å². The van der Waals surface area contributed by atoms with Crippen LogP contribution in [0.4, 0.5) is 25.0 Å². The molecule has 2 aliphatic heterocycles. The fraction of sp³-hybridized carbons (Fsp3) is 0.394. The maximum absolute atomic E-state index is 14.8. The molecule has 3 atom stereocenters. The molecule has 0 spiro atoms. The van der Waals surface area contributed by atoms with E-state index >= 15 is 0 Å². The third-order valence-electron chi connectivity index (χ3n) is 8.14. The number of aromatic nitrogens is 1. The molecule has 3 aromatic rings. The van der Waals surface area contributed by atoms with E-state index in [1.165, 1.54) is 24.3 Å². The second-order valence-electron chi connectivity index (χ2n) is 11.2. The zero-order valence-corrected chi connectivity index (χ0v) is 25.8. The van der Waals surface area contributed by atoms with Gasteiger partial charge >= 0.3 is 12.1 Å². The van der Waals surface area contributed by atoms with Crippen molar-refractivity contribution in [2.45, 2.75) is 63.5 Å². The van der Waals surface area contributed by atoms with E-state index in [9.17, 15) is 23.2 Å². The Morgan fingerprint density at radius 3 is 2.69 bits per heavy atom. The molecule has 238 valence electrons. The molecule has 45 heavy (non-hydrogen) atoms. The molecule has 2 amide bonds. The number of cyclic esters (lactones) is 1. The maximum atomic E-state index is 14.8. The number of hydrogen-bond donors (Lipinski definition) is 2. The van der Waals surface area contributed by atoms with Gasteiger partial charge in [-0.25, -0.2) is 18.4 Å². The lowest BCUT2D eigenvalue weighted by Gasteiger charge is -2.28. The van der Waals surface area contributed by atoms with E-state index in [0.717, 1.165) is 0 Å². The maximum Gasteiger partial charge on any atom is 0.412 e. The largest absolute Gasteiger partial charge is 0.464 e. The number of hydrogen-bond acceptors (Lipinski definition) is 7. The quantitative estimate of drug-likeness (QED) is 0.262. The third-order valence-corrected chi connectivity index (χ3v) is 8.43. The smallest absolute Gasteiger partial charge is 0.412 e. The Hall–Kier alpha value is -4.25. The molecule has 1 aromatic heterocycles. The average Bonchev–Trinajstić information content (AvgIpc) is 3.02. The van der Waals surface area contributed by atoms with Gasteiger partial charge in [0.25, 0.3) is 0 Å². The number of halogens is 3. The molecule has 0 fully saturated rings. The molecule has 0 aliphatic carbocycles. The molecule has 0 saturated heterocycles. The number of anilines is 2. The molecule has 12 heteroatoms. The highest BCUT2D eigenvalue weighted by Gasteiger charge is 2.32. The lowest BCUT2D eigenvalue weighted by molar-refractivity contribution is -0.144. The molecule has 2 aliphatic rings. The first-order valence-electron chi connectivity index (χ1n) is 15.1. The van der Waals surface area contributed by atoms with Gasteiger partial charge in [0.1, 0.15) is 18.0 Å². The van der Waals surface area contributed by atoms with Crippen molar-refractivity contribution in [3.63, 3.8) is 0 Å². The van der Waals surface area contributed by atoms with Crippen LogP contribution in [-0.2, 0) is 19.1 Å². The number of nitrogens with zero attached hydrogens (tertiary/aromatic N) is 2. The van der Waals surface area contributed by atoms with Gasteiger partial charge in [-0.05, 0) is 80.6 Å². The monoisotopic (exact) mass is 640 g/mol. The number of rotatable bonds is 7. The molecule has 0 saturated carbocycles. The van der Waals surface area contributed by atoms with Crippen molar-refractivity contribution in [1.82, 2.24) is 9.88 Å². The number of amides is 2. The van der Waals surface area contributed by atoms with Crippen molar-refractivity contribution >= 4 is 40.9 Å². The van der Waals surface area contributed by atoms with Crippen LogP contribution in [-0.4, -0.2) is 54.1 Å². The molecule has 3 heterocycles. The molecule has 9 nitrogen and oxygen atoms in total. The number of benzene rings is 2. The first kappa shape index (κ1) is 32.2. The van der Waals surface area contributed by atoms with Gasteiger partial charge in [-0.2, -0.15) is 0 Å². The van der Waals surface area contributed by atoms with Gasteiger partial charge in [-0.15, -0.1) is 0 Å². The Morgan fingerprint density at radius 2 is 1.89 bits per heavy atom. The number of esters is 1. The second kappa shape index (κ2) is 14.2. The summed E-state index contributed by atoms with van der Waals surface area (Å²) in [4.78, 5) is 44.8. The molecule has 0 radical (unpaired) electrons. The Balaban J connectivity index is 1.35. The Labute approximate surface area is 265 Å². The number of ether oxygens (including phenoxy) is 2. The molecule has 5 rings (SSSR count). The van der Waals surface area contributed by atoms with Crippen molar-refractivity contribution in [3.05, 3.63) is 76.6 Å². The van der Waals surface area contributed by atoms with Crippen LogP contribution in [0.25, 0.3) is 11.1 Å². The molecular formula is C33H35ClF2N4O5. The molecule has 2 aromatic carbocycles. The van der Waals surface area contributed by atoms with Gasteiger partial charge in [0.2, 0.25) is 5.91 Å². The fourth-order valence-corrected chi connectivity index (χ4v) is 6.04. The molecule has 2 bridgehead atoms. The SMILES string of the molecule is CCOC(=O)C1CCCCC(C(=O)N(C)CCCC2OC(=O)Nc3ccc(Cl)c(F)c32)c2cc(ccn2)-c2cc(F)ccc2N1. The second-order valence-corrected chi connectivity index (χ2v) is 11.6. The van der Waals surface area contributed by atoms with Crippen LogP contribution in [0, 0.1) is 11.6 Å². The van der Waals surface area contributed by atoms with Crippen LogP contribution in [0.5, 0.6) is 0 Å².